The van der Waals surface area contributed by atoms with Crippen molar-refractivity contribution in [3.8, 4) is 0 Å². The third-order valence-corrected chi connectivity index (χ3v) is 3.50. The molecule has 0 bridgehead atoms. The Morgan fingerprint density at radius 2 is 1.70 bits per heavy atom. The number of halogens is 1. The molecule has 0 unspecified atom stereocenters. The minimum absolute atomic E-state index is 0.0154. The molecule has 2 aromatic carbocycles. The molecule has 1 heterocycles. The molecule has 0 fully saturated rings. The Labute approximate surface area is 122 Å². The van der Waals surface area contributed by atoms with Crippen LogP contribution in [-0.4, -0.2) is 10.8 Å². The molecule has 3 aromatic rings. The summed E-state index contributed by atoms with van der Waals surface area (Å²) < 4.78 is 0. The molecule has 0 aliphatic carbocycles. The zero-order chi connectivity index (χ0) is 13.9. The number of benzene rings is 2. The van der Waals surface area contributed by atoms with Crippen LogP contribution in [0.1, 0.15) is 16.1 Å². The number of carbonyl (C=O) groups is 1. The topological polar surface area (TPSA) is 30.0 Å². The summed E-state index contributed by atoms with van der Waals surface area (Å²) in [7, 11) is 0. The Morgan fingerprint density at radius 3 is 2.55 bits per heavy atom. The molecule has 0 spiro atoms. The summed E-state index contributed by atoms with van der Waals surface area (Å²) in [6.07, 6.45) is 0.258. The molecule has 0 aliphatic rings. The summed E-state index contributed by atoms with van der Waals surface area (Å²) in [6, 6.07) is 18.8. The van der Waals surface area contributed by atoms with Gasteiger partial charge in [0, 0.05) is 16.6 Å². The van der Waals surface area contributed by atoms with Gasteiger partial charge in [-0.05, 0) is 24.3 Å². The number of fused-ring (bicyclic) bond motifs is 1. The third kappa shape index (κ3) is 2.56. The van der Waals surface area contributed by atoms with E-state index in [2.05, 4.69) is 4.98 Å². The second-order valence-electron chi connectivity index (χ2n) is 4.58. The molecule has 0 radical (unpaired) electrons. The van der Waals surface area contributed by atoms with Gasteiger partial charge in [-0.15, -0.1) is 0 Å². The van der Waals surface area contributed by atoms with E-state index in [0.29, 0.717) is 10.6 Å². The second kappa shape index (κ2) is 5.43. The molecule has 2 nitrogen and oxygen atoms in total. The standard InChI is InChI=1S/C17H12ClNO/c18-15-7-3-2-6-14(15)17(20)11-13-10-9-12-5-1-4-8-16(12)19-13/h1-10H,11H2. The van der Waals surface area contributed by atoms with Gasteiger partial charge in [0.15, 0.2) is 5.78 Å². The number of Topliss-reactive ketones (excluding diaryl/α,β-unsaturated/α-hetero) is 1. The van der Waals surface area contributed by atoms with Gasteiger partial charge in [0.1, 0.15) is 0 Å². The average molecular weight is 282 g/mol. The molecule has 3 rings (SSSR count). The lowest BCUT2D eigenvalue weighted by molar-refractivity contribution is 0.0992. The van der Waals surface area contributed by atoms with Gasteiger partial charge in [-0.2, -0.15) is 0 Å². The normalized spacial score (nSPS) is 10.7. The first kappa shape index (κ1) is 12.8. The van der Waals surface area contributed by atoms with Crippen LogP contribution in [0.2, 0.25) is 5.02 Å². The third-order valence-electron chi connectivity index (χ3n) is 3.17. The Bertz CT molecular complexity index is 783. The first-order valence-electron chi connectivity index (χ1n) is 6.36. The Balaban J connectivity index is 1.89. The van der Waals surface area contributed by atoms with Crippen LogP contribution in [0.25, 0.3) is 10.9 Å². The first-order valence-corrected chi connectivity index (χ1v) is 6.74. The van der Waals surface area contributed by atoms with Crippen molar-refractivity contribution in [3.05, 3.63) is 76.9 Å². The highest BCUT2D eigenvalue weighted by Crippen LogP contribution is 2.18. The summed E-state index contributed by atoms with van der Waals surface area (Å²) in [5.74, 6) is -0.0154. The van der Waals surface area contributed by atoms with Gasteiger partial charge >= 0.3 is 0 Å². The van der Waals surface area contributed by atoms with Crippen molar-refractivity contribution < 1.29 is 4.79 Å². The monoisotopic (exact) mass is 281 g/mol. The van der Waals surface area contributed by atoms with E-state index in [0.717, 1.165) is 16.6 Å². The Hall–Kier alpha value is -2.19. The fourth-order valence-electron chi connectivity index (χ4n) is 2.15. The molecule has 0 N–H and O–H groups in total. The molecule has 0 saturated carbocycles. The number of rotatable bonds is 3. The smallest absolute Gasteiger partial charge is 0.170 e. The number of hydrogen-bond acceptors (Lipinski definition) is 2. The van der Waals surface area contributed by atoms with Gasteiger partial charge in [0.2, 0.25) is 0 Å². The molecule has 3 heteroatoms. The van der Waals surface area contributed by atoms with Crippen LogP contribution < -0.4 is 0 Å². The van der Waals surface area contributed by atoms with Crippen LogP contribution in [-0.2, 0) is 6.42 Å². The van der Waals surface area contributed by atoms with Crippen LogP contribution >= 0.6 is 11.6 Å². The molecule has 0 amide bonds. The van der Waals surface area contributed by atoms with E-state index in [-0.39, 0.29) is 12.2 Å². The molecular weight excluding hydrogens is 270 g/mol. The van der Waals surface area contributed by atoms with E-state index in [1.165, 1.54) is 0 Å². The van der Waals surface area contributed by atoms with E-state index in [9.17, 15) is 4.79 Å². The SMILES string of the molecule is O=C(Cc1ccc2ccccc2n1)c1ccccc1Cl. The zero-order valence-corrected chi connectivity index (χ0v) is 11.5. The summed E-state index contributed by atoms with van der Waals surface area (Å²) in [4.78, 5) is 16.8. The van der Waals surface area contributed by atoms with Gasteiger partial charge < -0.3 is 0 Å². The van der Waals surface area contributed by atoms with Gasteiger partial charge in [0.25, 0.3) is 0 Å². The van der Waals surface area contributed by atoms with Gasteiger partial charge in [0.05, 0.1) is 17.0 Å². The highest BCUT2D eigenvalue weighted by Gasteiger charge is 2.11. The van der Waals surface area contributed by atoms with Crippen LogP contribution in [0.15, 0.2) is 60.7 Å². The minimum atomic E-state index is -0.0154. The maximum Gasteiger partial charge on any atom is 0.170 e. The summed E-state index contributed by atoms with van der Waals surface area (Å²) in [6.45, 7) is 0. The minimum Gasteiger partial charge on any atom is -0.294 e. The van der Waals surface area contributed by atoms with E-state index in [1.807, 2.05) is 48.5 Å². The van der Waals surface area contributed by atoms with Crippen LogP contribution in [0, 0.1) is 0 Å². The fraction of sp³-hybridized carbons (Fsp3) is 0.0588. The van der Waals surface area contributed by atoms with Crippen LogP contribution in [0.3, 0.4) is 0 Å². The van der Waals surface area contributed by atoms with E-state index in [4.69, 9.17) is 11.6 Å². The summed E-state index contributed by atoms with van der Waals surface area (Å²) >= 11 is 6.04. The highest BCUT2D eigenvalue weighted by molar-refractivity contribution is 6.34. The number of nitrogens with zero attached hydrogens (tertiary/aromatic N) is 1. The fourth-order valence-corrected chi connectivity index (χ4v) is 2.39. The number of ketones is 1. The van der Waals surface area contributed by atoms with Gasteiger partial charge in [-0.1, -0.05) is 48.0 Å². The van der Waals surface area contributed by atoms with Crippen LogP contribution in [0.5, 0.6) is 0 Å². The number of carbonyl (C=O) groups excluding carboxylic acids is 1. The summed E-state index contributed by atoms with van der Waals surface area (Å²) in [5, 5.41) is 1.56. The lowest BCUT2D eigenvalue weighted by Gasteiger charge is -2.04. The van der Waals surface area contributed by atoms with Crippen molar-refractivity contribution in [3.63, 3.8) is 0 Å². The van der Waals surface area contributed by atoms with Crippen molar-refractivity contribution in [1.29, 1.82) is 0 Å². The number of para-hydroxylation sites is 1. The quantitative estimate of drug-likeness (QED) is 0.670. The maximum atomic E-state index is 12.2. The predicted octanol–water partition coefficient (Wildman–Crippen LogP) is 4.31. The number of aromatic nitrogens is 1. The van der Waals surface area contributed by atoms with Crippen molar-refractivity contribution in [2.24, 2.45) is 0 Å². The van der Waals surface area contributed by atoms with E-state index in [1.54, 1.807) is 12.1 Å². The Kier molecular flexibility index (Phi) is 3.48. The molecule has 1 aromatic heterocycles. The highest BCUT2D eigenvalue weighted by atomic mass is 35.5. The van der Waals surface area contributed by atoms with E-state index < -0.39 is 0 Å². The molecule has 0 atom stereocenters. The molecule has 98 valence electrons. The molecular formula is C17H12ClNO. The average Bonchev–Trinajstić information content (AvgIpc) is 2.47. The molecule has 0 aliphatic heterocycles. The predicted molar refractivity (Wildman–Crippen MR) is 81.2 cm³/mol. The maximum absolute atomic E-state index is 12.2. The Morgan fingerprint density at radius 1 is 0.950 bits per heavy atom. The lowest BCUT2D eigenvalue weighted by Crippen LogP contribution is -2.05. The molecule has 20 heavy (non-hydrogen) atoms. The summed E-state index contributed by atoms with van der Waals surface area (Å²) in [5.41, 5.74) is 2.20. The van der Waals surface area contributed by atoms with Gasteiger partial charge in [-0.25, -0.2) is 0 Å². The largest absolute Gasteiger partial charge is 0.294 e. The van der Waals surface area contributed by atoms with Crippen LogP contribution in [0.4, 0.5) is 0 Å². The van der Waals surface area contributed by atoms with Crippen molar-refractivity contribution in [1.82, 2.24) is 4.98 Å². The zero-order valence-electron chi connectivity index (χ0n) is 10.7. The van der Waals surface area contributed by atoms with Crippen molar-refractivity contribution in [2.45, 2.75) is 6.42 Å². The van der Waals surface area contributed by atoms with E-state index >= 15 is 0 Å². The van der Waals surface area contributed by atoms with Gasteiger partial charge in [-0.3, -0.25) is 9.78 Å². The van der Waals surface area contributed by atoms with Crippen molar-refractivity contribution in [2.75, 3.05) is 0 Å². The number of hydrogen-bond donors (Lipinski definition) is 0. The molecule has 0 saturated heterocycles. The number of pyridine rings is 1. The second-order valence-corrected chi connectivity index (χ2v) is 4.98. The lowest BCUT2D eigenvalue weighted by atomic mass is 10.1. The van der Waals surface area contributed by atoms with Crippen molar-refractivity contribution >= 4 is 28.3 Å². The first-order chi connectivity index (χ1) is 9.74.